The van der Waals surface area contributed by atoms with Gasteiger partial charge in [-0.3, -0.25) is 0 Å². The van der Waals surface area contributed by atoms with Crippen molar-refractivity contribution in [2.24, 2.45) is 0 Å². The van der Waals surface area contributed by atoms with E-state index in [0.29, 0.717) is 5.76 Å². The normalized spacial score (nSPS) is 19.9. The van der Waals surface area contributed by atoms with E-state index < -0.39 is 6.17 Å². The van der Waals surface area contributed by atoms with E-state index in [4.69, 9.17) is 4.74 Å². The molecule has 130 valence electrons. The Hall–Kier alpha value is -2.11. The second kappa shape index (κ2) is 7.20. The molecule has 0 fully saturated rings. The molecule has 1 unspecified atom stereocenters. The minimum absolute atomic E-state index is 0.00297. The number of allylic oxidation sites excluding steroid dienone is 3. The zero-order valence-electron chi connectivity index (χ0n) is 14.6. The van der Waals surface area contributed by atoms with Crippen molar-refractivity contribution >= 4 is 11.5 Å². The van der Waals surface area contributed by atoms with Gasteiger partial charge in [-0.25, -0.2) is 14.4 Å². The predicted molar refractivity (Wildman–Crippen MR) is 93.8 cm³/mol. The van der Waals surface area contributed by atoms with Crippen LogP contribution in [-0.4, -0.2) is 35.3 Å². The van der Waals surface area contributed by atoms with Crippen molar-refractivity contribution < 1.29 is 9.13 Å². The molecule has 24 heavy (non-hydrogen) atoms. The molecule has 2 aliphatic rings. The first-order valence-electron chi connectivity index (χ1n) is 8.66. The summed E-state index contributed by atoms with van der Waals surface area (Å²) in [6, 6.07) is 0. The van der Waals surface area contributed by atoms with Crippen molar-refractivity contribution in [3.05, 3.63) is 35.6 Å². The first-order valence-corrected chi connectivity index (χ1v) is 8.66. The molecule has 0 aromatic carbocycles. The molecular formula is C18H25FN4O. The second-order valence-electron chi connectivity index (χ2n) is 6.46. The summed E-state index contributed by atoms with van der Waals surface area (Å²) in [6.45, 7) is 8.00. The smallest absolute Gasteiger partial charge is 0.157 e. The summed E-state index contributed by atoms with van der Waals surface area (Å²) in [5.74, 6) is 1.42. The Morgan fingerprint density at radius 2 is 2.25 bits per heavy atom. The fourth-order valence-electron chi connectivity index (χ4n) is 3.15. The van der Waals surface area contributed by atoms with Gasteiger partial charge < -0.3 is 15.0 Å². The zero-order chi connectivity index (χ0) is 17.1. The summed E-state index contributed by atoms with van der Waals surface area (Å²) in [7, 11) is 0. The highest BCUT2D eigenvalue weighted by Gasteiger charge is 2.26. The van der Waals surface area contributed by atoms with E-state index in [1.165, 1.54) is 0 Å². The van der Waals surface area contributed by atoms with Gasteiger partial charge in [0.1, 0.15) is 23.9 Å². The molecule has 0 bridgehead atoms. The topological polar surface area (TPSA) is 50.3 Å². The van der Waals surface area contributed by atoms with Crippen LogP contribution < -0.4 is 10.2 Å². The summed E-state index contributed by atoms with van der Waals surface area (Å²) in [5, 5.41) is 3.35. The van der Waals surface area contributed by atoms with Gasteiger partial charge in [0.15, 0.2) is 5.82 Å². The molecule has 2 heterocycles. The Balaban J connectivity index is 1.90. The molecule has 1 aromatic heterocycles. The van der Waals surface area contributed by atoms with E-state index in [-0.39, 0.29) is 12.5 Å². The van der Waals surface area contributed by atoms with Gasteiger partial charge in [-0.15, -0.1) is 0 Å². The third-order valence-corrected chi connectivity index (χ3v) is 4.11. The standard InChI is InChI=1S/C18H25FN4O/c1-4-8-23-9-7-15-17(23)18(21-11-20-15)22-14-6-5-13(19)10-16(14)24-12(2)3/h5-6,11-13H,4,7-10H2,1-3H3,(H,20,21,22). The SMILES string of the molecule is CCCN1CCc2ncnc(NC3=C(OC(C)C)CC(F)C=C3)c21. The number of anilines is 2. The fraction of sp³-hybridized carbons (Fsp3) is 0.556. The fourth-order valence-corrected chi connectivity index (χ4v) is 3.15. The average molecular weight is 332 g/mol. The Morgan fingerprint density at radius 3 is 3.00 bits per heavy atom. The number of halogens is 1. The number of ether oxygens (including phenoxy) is 1. The molecular weight excluding hydrogens is 307 g/mol. The molecule has 5 nitrogen and oxygen atoms in total. The number of nitrogens with zero attached hydrogens (tertiary/aromatic N) is 3. The van der Waals surface area contributed by atoms with Gasteiger partial charge in [0, 0.05) is 25.9 Å². The Labute approximate surface area is 142 Å². The lowest BCUT2D eigenvalue weighted by molar-refractivity contribution is 0.128. The van der Waals surface area contributed by atoms with Gasteiger partial charge in [-0.2, -0.15) is 0 Å². The summed E-state index contributed by atoms with van der Waals surface area (Å²) in [6.07, 6.45) is 6.15. The van der Waals surface area contributed by atoms with Gasteiger partial charge in [0.05, 0.1) is 17.5 Å². The number of fused-ring (bicyclic) bond motifs is 1. The number of hydrogen-bond donors (Lipinski definition) is 1. The first-order chi connectivity index (χ1) is 11.6. The van der Waals surface area contributed by atoms with Gasteiger partial charge in [-0.05, 0) is 32.4 Å². The van der Waals surface area contributed by atoms with E-state index >= 15 is 0 Å². The van der Waals surface area contributed by atoms with E-state index in [2.05, 4.69) is 27.1 Å². The Morgan fingerprint density at radius 1 is 1.42 bits per heavy atom. The lowest BCUT2D eigenvalue weighted by Crippen LogP contribution is -2.23. The van der Waals surface area contributed by atoms with Crippen LogP contribution in [0.3, 0.4) is 0 Å². The maximum Gasteiger partial charge on any atom is 0.157 e. The Kier molecular flexibility index (Phi) is 5.02. The van der Waals surface area contributed by atoms with Crippen LogP contribution in [-0.2, 0) is 11.2 Å². The van der Waals surface area contributed by atoms with Crippen molar-refractivity contribution in [2.75, 3.05) is 23.3 Å². The monoisotopic (exact) mass is 332 g/mol. The number of nitrogens with one attached hydrogen (secondary N) is 1. The van der Waals surface area contributed by atoms with Crippen molar-refractivity contribution in [3.63, 3.8) is 0 Å². The third-order valence-electron chi connectivity index (χ3n) is 4.11. The van der Waals surface area contributed by atoms with Crippen LogP contribution in [0.1, 0.15) is 39.3 Å². The van der Waals surface area contributed by atoms with E-state index in [1.807, 2.05) is 13.8 Å². The number of hydrogen-bond acceptors (Lipinski definition) is 5. The maximum atomic E-state index is 13.7. The van der Waals surface area contributed by atoms with E-state index in [9.17, 15) is 4.39 Å². The van der Waals surface area contributed by atoms with Crippen molar-refractivity contribution in [1.82, 2.24) is 9.97 Å². The molecule has 1 aliphatic carbocycles. The molecule has 0 saturated heterocycles. The summed E-state index contributed by atoms with van der Waals surface area (Å²) < 4.78 is 19.5. The molecule has 6 heteroatoms. The van der Waals surface area contributed by atoms with E-state index in [0.717, 1.165) is 48.8 Å². The highest BCUT2D eigenvalue weighted by molar-refractivity contribution is 5.73. The number of rotatable bonds is 6. The molecule has 0 amide bonds. The molecule has 1 aromatic rings. The molecule has 1 aliphatic heterocycles. The molecule has 3 rings (SSSR count). The summed E-state index contributed by atoms with van der Waals surface area (Å²) in [4.78, 5) is 11.1. The zero-order valence-corrected chi connectivity index (χ0v) is 14.6. The van der Waals surface area contributed by atoms with Crippen LogP contribution in [0.15, 0.2) is 29.9 Å². The highest BCUT2D eigenvalue weighted by Crippen LogP contribution is 2.34. The molecule has 0 spiro atoms. The van der Waals surface area contributed by atoms with Crippen LogP contribution in [0.2, 0.25) is 0 Å². The van der Waals surface area contributed by atoms with Gasteiger partial charge in [0.25, 0.3) is 0 Å². The Bertz CT molecular complexity index is 654. The van der Waals surface area contributed by atoms with Crippen molar-refractivity contribution in [3.8, 4) is 0 Å². The molecule has 0 radical (unpaired) electrons. The lowest BCUT2D eigenvalue weighted by Gasteiger charge is -2.24. The molecule has 1 atom stereocenters. The van der Waals surface area contributed by atoms with Crippen LogP contribution in [0, 0.1) is 0 Å². The van der Waals surface area contributed by atoms with Crippen LogP contribution >= 0.6 is 0 Å². The van der Waals surface area contributed by atoms with Gasteiger partial charge >= 0.3 is 0 Å². The molecule has 0 saturated carbocycles. The maximum absolute atomic E-state index is 13.7. The van der Waals surface area contributed by atoms with Crippen molar-refractivity contribution in [2.45, 2.75) is 52.3 Å². The second-order valence-corrected chi connectivity index (χ2v) is 6.46. The third kappa shape index (κ3) is 3.52. The summed E-state index contributed by atoms with van der Waals surface area (Å²) in [5.41, 5.74) is 2.91. The highest BCUT2D eigenvalue weighted by atomic mass is 19.1. The number of aromatic nitrogens is 2. The van der Waals surface area contributed by atoms with Crippen LogP contribution in [0.25, 0.3) is 0 Å². The van der Waals surface area contributed by atoms with Crippen LogP contribution in [0.5, 0.6) is 0 Å². The first kappa shape index (κ1) is 16.7. The minimum atomic E-state index is -1.00. The molecule has 1 N–H and O–H groups in total. The largest absolute Gasteiger partial charge is 0.493 e. The van der Waals surface area contributed by atoms with Crippen LogP contribution in [0.4, 0.5) is 15.9 Å². The minimum Gasteiger partial charge on any atom is -0.493 e. The predicted octanol–water partition coefficient (Wildman–Crippen LogP) is 3.60. The van der Waals surface area contributed by atoms with Crippen molar-refractivity contribution in [1.29, 1.82) is 0 Å². The van der Waals surface area contributed by atoms with E-state index in [1.54, 1.807) is 18.5 Å². The van der Waals surface area contributed by atoms with Gasteiger partial charge in [0.2, 0.25) is 0 Å². The van der Waals surface area contributed by atoms with Gasteiger partial charge in [-0.1, -0.05) is 6.92 Å². The summed E-state index contributed by atoms with van der Waals surface area (Å²) >= 11 is 0. The quantitative estimate of drug-likeness (QED) is 0.862. The average Bonchev–Trinajstić information content (AvgIpc) is 2.94. The number of alkyl halides is 1. The lowest BCUT2D eigenvalue weighted by atomic mass is 10.1.